The van der Waals surface area contributed by atoms with Gasteiger partial charge in [0.2, 0.25) is 0 Å². The maximum atomic E-state index is 5.87. The Morgan fingerprint density at radius 2 is 1.83 bits per heavy atom. The molecule has 0 aliphatic carbocycles. The maximum absolute atomic E-state index is 5.87. The molecule has 1 aliphatic heterocycles. The molecule has 2 N–H and O–H groups in total. The van der Waals surface area contributed by atoms with Gasteiger partial charge in [0.25, 0.3) is 0 Å². The standard InChI is InChI=1S/C21H28N2O/c1-17-3-2-4-20(13-17)16-24-21-7-5-18(6-8-21)14-23-15-19-9-11-22-12-10-19/h2-8,13,19,22-23H,9-12,14-16H2,1H3. The van der Waals surface area contributed by atoms with Crippen molar-refractivity contribution in [2.24, 2.45) is 5.92 Å². The third-order valence-electron chi connectivity index (χ3n) is 4.63. The minimum Gasteiger partial charge on any atom is -0.489 e. The van der Waals surface area contributed by atoms with Crippen LogP contribution in [-0.2, 0) is 13.2 Å². The molecule has 3 rings (SSSR count). The van der Waals surface area contributed by atoms with Gasteiger partial charge in [-0.3, -0.25) is 0 Å². The van der Waals surface area contributed by atoms with E-state index in [9.17, 15) is 0 Å². The van der Waals surface area contributed by atoms with Crippen LogP contribution in [0.4, 0.5) is 0 Å². The molecule has 0 saturated carbocycles. The van der Waals surface area contributed by atoms with Crippen LogP contribution in [0.1, 0.15) is 29.5 Å². The van der Waals surface area contributed by atoms with Crippen molar-refractivity contribution < 1.29 is 4.74 Å². The Bertz CT molecular complexity index is 618. The molecule has 3 nitrogen and oxygen atoms in total. The van der Waals surface area contributed by atoms with E-state index in [0.717, 1.165) is 24.8 Å². The molecule has 0 atom stereocenters. The lowest BCUT2D eigenvalue weighted by Gasteiger charge is -2.22. The van der Waals surface area contributed by atoms with Crippen LogP contribution in [0.25, 0.3) is 0 Å². The Balaban J connectivity index is 1.41. The maximum Gasteiger partial charge on any atom is 0.119 e. The topological polar surface area (TPSA) is 33.3 Å². The third-order valence-corrected chi connectivity index (χ3v) is 4.63. The molecule has 0 unspecified atom stereocenters. The van der Waals surface area contributed by atoms with Crippen LogP contribution in [0.15, 0.2) is 48.5 Å². The lowest BCUT2D eigenvalue weighted by atomic mass is 9.98. The molecule has 24 heavy (non-hydrogen) atoms. The summed E-state index contributed by atoms with van der Waals surface area (Å²) in [5.74, 6) is 1.75. The van der Waals surface area contributed by atoms with Crippen molar-refractivity contribution in [2.75, 3.05) is 19.6 Å². The molecule has 0 bridgehead atoms. The summed E-state index contributed by atoms with van der Waals surface area (Å²) in [6, 6.07) is 16.9. The van der Waals surface area contributed by atoms with Crippen molar-refractivity contribution in [3.8, 4) is 5.75 Å². The zero-order valence-corrected chi connectivity index (χ0v) is 14.6. The quantitative estimate of drug-likeness (QED) is 0.815. The first-order chi connectivity index (χ1) is 11.8. The van der Waals surface area contributed by atoms with E-state index >= 15 is 0 Å². The molecule has 1 fully saturated rings. The van der Waals surface area contributed by atoms with Crippen LogP contribution in [0, 0.1) is 12.8 Å². The molecular formula is C21H28N2O. The summed E-state index contributed by atoms with van der Waals surface area (Å²) in [6.45, 7) is 7.11. The number of aryl methyl sites for hydroxylation is 1. The molecule has 0 amide bonds. The largest absolute Gasteiger partial charge is 0.489 e. The second-order valence-corrected chi connectivity index (χ2v) is 6.75. The molecule has 3 heteroatoms. The van der Waals surface area contributed by atoms with Gasteiger partial charge in [0.15, 0.2) is 0 Å². The number of hydrogen-bond donors (Lipinski definition) is 2. The first-order valence-corrected chi connectivity index (χ1v) is 8.98. The minimum absolute atomic E-state index is 0.620. The van der Waals surface area contributed by atoms with Crippen LogP contribution in [-0.4, -0.2) is 19.6 Å². The normalized spacial score (nSPS) is 15.4. The minimum atomic E-state index is 0.620. The summed E-state index contributed by atoms with van der Waals surface area (Å²) in [5.41, 5.74) is 3.79. The Morgan fingerprint density at radius 3 is 2.58 bits per heavy atom. The van der Waals surface area contributed by atoms with Gasteiger partial charge < -0.3 is 15.4 Å². The van der Waals surface area contributed by atoms with E-state index in [1.807, 2.05) is 0 Å². The summed E-state index contributed by atoms with van der Waals surface area (Å²) in [7, 11) is 0. The highest BCUT2D eigenvalue weighted by atomic mass is 16.5. The average molecular weight is 324 g/mol. The molecular weight excluding hydrogens is 296 g/mol. The monoisotopic (exact) mass is 324 g/mol. The average Bonchev–Trinajstić information content (AvgIpc) is 2.62. The summed E-state index contributed by atoms with van der Waals surface area (Å²) >= 11 is 0. The fourth-order valence-electron chi connectivity index (χ4n) is 3.18. The summed E-state index contributed by atoms with van der Waals surface area (Å²) in [4.78, 5) is 0. The second kappa shape index (κ2) is 8.86. The number of piperidine rings is 1. The highest BCUT2D eigenvalue weighted by Gasteiger charge is 2.11. The summed E-state index contributed by atoms with van der Waals surface area (Å²) in [6.07, 6.45) is 2.58. The van der Waals surface area contributed by atoms with E-state index in [0.29, 0.717) is 6.61 Å². The van der Waals surface area contributed by atoms with Gasteiger partial charge in [-0.1, -0.05) is 42.0 Å². The Hall–Kier alpha value is -1.84. The zero-order chi connectivity index (χ0) is 16.6. The first kappa shape index (κ1) is 17.0. The number of rotatable bonds is 7. The fraction of sp³-hybridized carbons (Fsp3) is 0.429. The van der Waals surface area contributed by atoms with E-state index in [2.05, 4.69) is 66.1 Å². The summed E-state index contributed by atoms with van der Waals surface area (Å²) in [5, 5.41) is 7.00. The van der Waals surface area contributed by atoms with Gasteiger partial charge in [0.05, 0.1) is 0 Å². The van der Waals surface area contributed by atoms with Crippen molar-refractivity contribution in [1.29, 1.82) is 0 Å². The Kier molecular flexibility index (Phi) is 6.27. The molecule has 1 heterocycles. The van der Waals surface area contributed by atoms with E-state index in [1.165, 1.54) is 42.6 Å². The smallest absolute Gasteiger partial charge is 0.119 e. The molecule has 2 aromatic carbocycles. The highest BCUT2D eigenvalue weighted by Crippen LogP contribution is 2.15. The number of nitrogens with one attached hydrogen (secondary N) is 2. The van der Waals surface area contributed by atoms with Gasteiger partial charge >= 0.3 is 0 Å². The van der Waals surface area contributed by atoms with Crippen molar-refractivity contribution in [1.82, 2.24) is 10.6 Å². The molecule has 0 aromatic heterocycles. The van der Waals surface area contributed by atoms with Gasteiger partial charge in [-0.25, -0.2) is 0 Å². The molecule has 0 radical (unpaired) electrons. The second-order valence-electron chi connectivity index (χ2n) is 6.75. The molecule has 1 aliphatic rings. The van der Waals surface area contributed by atoms with Crippen molar-refractivity contribution in [3.05, 3.63) is 65.2 Å². The van der Waals surface area contributed by atoms with E-state index in [4.69, 9.17) is 4.74 Å². The van der Waals surface area contributed by atoms with Gasteiger partial charge in [-0.15, -0.1) is 0 Å². The molecule has 2 aromatic rings. The van der Waals surface area contributed by atoms with Crippen molar-refractivity contribution in [3.63, 3.8) is 0 Å². The fourth-order valence-corrected chi connectivity index (χ4v) is 3.18. The van der Waals surface area contributed by atoms with Crippen molar-refractivity contribution in [2.45, 2.75) is 32.9 Å². The lowest BCUT2D eigenvalue weighted by Crippen LogP contribution is -2.33. The molecule has 1 saturated heterocycles. The van der Waals surface area contributed by atoms with Gasteiger partial charge in [-0.2, -0.15) is 0 Å². The highest BCUT2D eigenvalue weighted by molar-refractivity contribution is 5.28. The first-order valence-electron chi connectivity index (χ1n) is 8.98. The van der Waals surface area contributed by atoms with Crippen LogP contribution in [0.2, 0.25) is 0 Å². The Labute approximate surface area is 145 Å². The SMILES string of the molecule is Cc1cccc(COc2ccc(CNCC3CCNCC3)cc2)c1. The lowest BCUT2D eigenvalue weighted by molar-refractivity contribution is 0.306. The van der Waals surface area contributed by atoms with Crippen LogP contribution in [0.5, 0.6) is 5.75 Å². The molecule has 0 spiro atoms. The molecule has 128 valence electrons. The van der Waals surface area contributed by atoms with Crippen LogP contribution >= 0.6 is 0 Å². The zero-order valence-electron chi connectivity index (χ0n) is 14.6. The predicted molar refractivity (Wildman–Crippen MR) is 99.3 cm³/mol. The number of hydrogen-bond acceptors (Lipinski definition) is 3. The van der Waals surface area contributed by atoms with Crippen molar-refractivity contribution >= 4 is 0 Å². The van der Waals surface area contributed by atoms with E-state index in [-0.39, 0.29) is 0 Å². The third kappa shape index (κ3) is 5.36. The van der Waals surface area contributed by atoms with E-state index < -0.39 is 0 Å². The van der Waals surface area contributed by atoms with Crippen LogP contribution < -0.4 is 15.4 Å². The van der Waals surface area contributed by atoms with Gasteiger partial charge in [0.1, 0.15) is 12.4 Å². The predicted octanol–water partition coefficient (Wildman–Crippen LogP) is 3.66. The number of ether oxygens (including phenoxy) is 1. The van der Waals surface area contributed by atoms with Gasteiger partial charge in [-0.05, 0) is 68.6 Å². The van der Waals surface area contributed by atoms with Gasteiger partial charge in [0, 0.05) is 6.54 Å². The van der Waals surface area contributed by atoms with E-state index in [1.54, 1.807) is 0 Å². The van der Waals surface area contributed by atoms with Crippen LogP contribution in [0.3, 0.4) is 0 Å². The number of benzene rings is 2. The summed E-state index contributed by atoms with van der Waals surface area (Å²) < 4.78 is 5.87. The Morgan fingerprint density at radius 1 is 1.04 bits per heavy atom.